The molecule has 1 fully saturated rings. The summed E-state index contributed by atoms with van der Waals surface area (Å²) in [5.74, 6) is 0.182. The Morgan fingerprint density at radius 3 is 2.67 bits per heavy atom. The lowest BCUT2D eigenvalue weighted by molar-refractivity contribution is -0.140. The number of rotatable bonds is 1. The molecule has 0 N–H and O–H groups in total. The van der Waals surface area contributed by atoms with Gasteiger partial charge in [0.1, 0.15) is 0 Å². The molecule has 0 atom stereocenters. The Morgan fingerprint density at radius 1 is 1.33 bits per heavy atom. The molecule has 2 heterocycles. The van der Waals surface area contributed by atoms with Crippen molar-refractivity contribution in [1.82, 2.24) is 0 Å². The van der Waals surface area contributed by atoms with Crippen molar-refractivity contribution in [1.29, 1.82) is 0 Å². The van der Waals surface area contributed by atoms with Crippen molar-refractivity contribution < 1.29 is 14.4 Å². The topological polar surface area (TPSA) is 47.9 Å². The van der Waals surface area contributed by atoms with Gasteiger partial charge in [-0.2, -0.15) is 0 Å². The van der Waals surface area contributed by atoms with Crippen molar-refractivity contribution >= 4 is 11.7 Å². The Kier molecular flexibility index (Phi) is 2.08. The van der Waals surface area contributed by atoms with E-state index < -0.39 is 0 Å². The average Bonchev–Trinajstić information content (AvgIpc) is 2.54. The van der Waals surface area contributed by atoms with E-state index in [2.05, 4.69) is 9.99 Å². The van der Waals surface area contributed by atoms with Gasteiger partial charge in [-0.1, -0.05) is 5.16 Å². The minimum absolute atomic E-state index is 0.225. The molecule has 0 spiro atoms. The van der Waals surface area contributed by atoms with Crippen LogP contribution in [0, 0.1) is 5.92 Å². The van der Waals surface area contributed by atoms with Gasteiger partial charge in [-0.15, -0.1) is 0 Å². The fraction of sp³-hybridized carbons (Fsp3) is 0.750. The molecule has 2 rings (SSSR count). The summed E-state index contributed by atoms with van der Waals surface area (Å²) in [5.41, 5.74) is 0.906. The molecule has 0 aliphatic carbocycles. The highest BCUT2D eigenvalue weighted by Gasteiger charge is 2.26. The van der Waals surface area contributed by atoms with E-state index in [4.69, 9.17) is 4.74 Å². The fourth-order valence-corrected chi connectivity index (χ4v) is 1.57. The Labute approximate surface area is 70.5 Å². The molecule has 66 valence electrons. The standard InChI is InChI=1S/C8H11NO3/c10-8-5-7(9-12-8)6-1-3-11-4-2-6/h6H,1-5H2. The number of carbonyl (C=O) groups excluding carboxylic acids is 1. The van der Waals surface area contributed by atoms with E-state index in [0.29, 0.717) is 12.3 Å². The Hall–Kier alpha value is -0.900. The van der Waals surface area contributed by atoms with E-state index in [-0.39, 0.29) is 5.97 Å². The quantitative estimate of drug-likeness (QED) is 0.543. The highest BCUT2D eigenvalue weighted by molar-refractivity contribution is 6.03. The van der Waals surface area contributed by atoms with E-state index in [1.54, 1.807) is 0 Å². The lowest BCUT2D eigenvalue weighted by Gasteiger charge is -2.20. The smallest absolute Gasteiger partial charge is 0.340 e. The van der Waals surface area contributed by atoms with Crippen molar-refractivity contribution in [3.8, 4) is 0 Å². The maximum Gasteiger partial charge on any atom is 0.340 e. The predicted octanol–water partition coefficient (Wildman–Crippen LogP) is 0.716. The molecule has 4 nitrogen and oxygen atoms in total. The molecule has 2 aliphatic heterocycles. The van der Waals surface area contributed by atoms with Gasteiger partial charge in [-0.3, -0.25) is 0 Å². The third-order valence-electron chi connectivity index (χ3n) is 2.28. The lowest BCUT2D eigenvalue weighted by atomic mass is 9.93. The molecule has 0 saturated carbocycles. The average molecular weight is 169 g/mol. The van der Waals surface area contributed by atoms with E-state index in [1.165, 1.54) is 0 Å². The normalized spacial score (nSPS) is 25.3. The largest absolute Gasteiger partial charge is 0.381 e. The molecular formula is C8H11NO3. The zero-order valence-electron chi connectivity index (χ0n) is 6.78. The Bertz CT molecular complexity index is 218. The summed E-state index contributed by atoms with van der Waals surface area (Å²) in [6.45, 7) is 1.55. The summed E-state index contributed by atoms with van der Waals surface area (Å²) >= 11 is 0. The van der Waals surface area contributed by atoms with Gasteiger partial charge in [-0.05, 0) is 12.8 Å². The van der Waals surface area contributed by atoms with Crippen LogP contribution in [0.3, 0.4) is 0 Å². The lowest BCUT2D eigenvalue weighted by Crippen LogP contribution is -2.22. The SMILES string of the molecule is O=C1CC(C2CCOCC2)=NO1. The van der Waals surface area contributed by atoms with Crippen molar-refractivity contribution in [2.45, 2.75) is 19.3 Å². The third-order valence-corrected chi connectivity index (χ3v) is 2.28. The molecule has 0 radical (unpaired) electrons. The predicted molar refractivity (Wildman–Crippen MR) is 41.7 cm³/mol. The minimum atomic E-state index is -0.225. The molecule has 1 saturated heterocycles. The molecule has 0 aromatic heterocycles. The molecule has 2 aliphatic rings. The van der Waals surface area contributed by atoms with Gasteiger partial charge in [0.15, 0.2) is 0 Å². The van der Waals surface area contributed by atoms with Gasteiger partial charge >= 0.3 is 5.97 Å². The van der Waals surface area contributed by atoms with Crippen LogP contribution in [-0.4, -0.2) is 24.9 Å². The van der Waals surface area contributed by atoms with Crippen LogP contribution in [0.4, 0.5) is 0 Å². The first-order valence-corrected chi connectivity index (χ1v) is 4.20. The Balaban J connectivity index is 1.95. The van der Waals surface area contributed by atoms with E-state index in [1.807, 2.05) is 0 Å². The first-order chi connectivity index (χ1) is 5.86. The molecule has 12 heavy (non-hydrogen) atoms. The molecule has 0 amide bonds. The van der Waals surface area contributed by atoms with Crippen LogP contribution in [0.1, 0.15) is 19.3 Å². The van der Waals surface area contributed by atoms with Crippen LogP contribution >= 0.6 is 0 Å². The second-order valence-electron chi connectivity index (χ2n) is 3.11. The van der Waals surface area contributed by atoms with Gasteiger partial charge in [0.25, 0.3) is 0 Å². The number of ether oxygens (including phenoxy) is 1. The first-order valence-electron chi connectivity index (χ1n) is 4.20. The highest BCUT2D eigenvalue weighted by atomic mass is 16.7. The van der Waals surface area contributed by atoms with Gasteiger partial charge in [0, 0.05) is 19.1 Å². The minimum Gasteiger partial charge on any atom is -0.381 e. The van der Waals surface area contributed by atoms with Crippen LogP contribution in [0.15, 0.2) is 5.16 Å². The second-order valence-corrected chi connectivity index (χ2v) is 3.11. The molecule has 0 unspecified atom stereocenters. The summed E-state index contributed by atoms with van der Waals surface area (Å²) in [6, 6.07) is 0. The van der Waals surface area contributed by atoms with Gasteiger partial charge in [-0.25, -0.2) is 4.79 Å². The van der Waals surface area contributed by atoms with Gasteiger partial charge in [0.2, 0.25) is 0 Å². The monoisotopic (exact) mass is 169 g/mol. The zero-order chi connectivity index (χ0) is 8.39. The van der Waals surface area contributed by atoms with Gasteiger partial charge < -0.3 is 9.57 Å². The molecule has 4 heteroatoms. The fourth-order valence-electron chi connectivity index (χ4n) is 1.57. The van der Waals surface area contributed by atoms with Crippen LogP contribution in [0.5, 0.6) is 0 Å². The summed E-state index contributed by atoms with van der Waals surface area (Å²) in [6.07, 6.45) is 2.32. The Morgan fingerprint density at radius 2 is 2.08 bits per heavy atom. The maximum absolute atomic E-state index is 10.7. The van der Waals surface area contributed by atoms with Crippen molar-refractivity contribution in [3.05, 3.63) is 0 Å². The van der Waals surface area contributed by atoms with Crippen molar-refractivity contribution in [3.63, 3.8) is 0 Å². The van der Waals surface area contributed by atoms with E-state index >= 15 is 0 Å². The summed E-state index contributed by atoms with van der Waals surface area (Å²) in [7, 11) is 0. The molecular weight excluding hydrogens is 158 g/mol. The van der Waals surface area contributed by atoms with Crippen LogP contribution in [0.2, 0.25) is 0 Å². The van der Waals surface area contributed by atoms with Crippen LogP contribution in [-0.2, 0) is 14.4 Å². The number of hydrogen-bond donors (Lipinski definition) is 0. The number of nitrogens with zero attached hydrogens (tertiary/aromatic N) is 1. The second kappa shape index (κ2) is 3.23. The maximum atomic E-state index is 10.7. The number of oxime groups is 1. The summed E-state index contributed by atoms with van der Waals surface area (Å²) in [5, 5.41) is 3.75. The summed E-state index contributed by atoms with van der Waals surface area (Å²) < 4.78 is 5.21. The van der Waals surface area contributed by atoms with Crippen LogP contribution in [0.25, 0.3) is 0 Å². The highest BCUT2D eigenvalue weighted by Crippen LogP contribution is 2.21. The van der Waals surface area contributed by atoms with Crippen molar-refractivity contribution in [2.24, 2.45) is 11.1 Å². The van der Waals surface area contributed by atoms with Crippen LogP contribution < -0.4 is 0 Å². The van der Waals surface area contributed by atoms with E-state index in [9.17, 15) is 4.79 Å². The summed E-state index contributed by atoms with van der Waals surface area (Å²) in [4.78, 5) is 15.3. The number of hydrogen-bond acceptors (Lipinski definition) is 4. The van der Waals surface area contributed by atoms with E-state index in [0.717, 1.165) is 31.8 Å². The van der Waals surface area contributed by atoms with Gasteiger partial charge in [0.05, 0.1) is 12.1 Å². The molecule has 0 aromatic carbocycles. The zero-order valence-corrected chi connectivity index (χ0v) is 6.78. The molecule has 0 bridgehead atoms. The first kappa shape index (κ1) is 7.73. The molecule has 0 aromatic rings. The van der Waals surface area contributed by atoms with Crippen molar-refractivity contribution in [2.75, 3.05) is 13.2 Å². The number of carbonyl (C=O) groups is 1. The third kappa shape index (κ3) is 1.48.